The van der Waals surface area contributed by atoms with Crippen molar-refractivity contribution in [2.24, 2.45) is 0 Å². The molecule has 1 saturated heterocycles. The Hall–Kier alpha value is -2.37. The third kappa shape index (κ3) is 35.4. The fourth-order valence-electron chi connectivity index (χ4n) is 8.05. The van der Waals surface area contributed by atoms with Crippen molar-refractivity contribution in [1.82, 2.24) is 5.32 Å². The molecule has 0 bridgehead atoms. The van der Waals surface area contributed by atoms with Gasteiger partial charge in [-0.25, -0.2) is 0 Å². The van der Waals surface area contributed by atoms with Crippen LogP contribution in [0.15, 0.2) is 72.9 Å². The Balaban J connectivity index is 2.30. The molecular formula is C56H99NO8. The first-order valence-electron chi connectivity index (χ1n) is 26.7. The van der Waals surface area contributed by atoms with Crippen LogP contribution in [-0.4, -0.2) is 87.5 Å². The number of aliphatic hydroxyl groups excluding tert-OH is 5. The van der Waals surface area contributed by atoms with Gasteiger partial charge in [0.1, 0.15) is 24.4 Å². The molecule has 1 heterocycles. The van der Waals surface area contributed by atoms with Crippen molar-refractivity contribution < 1.29 is 39.8 Å². The van der Waals surface area contributed by atoms with Crippen molar-refractivity contribution in [2.75, 3.05) is 13.2 Å². The number of nitrogens with one attached hydrogen (secondary N) is 1. The molecule has 1 aliphatic rings. The lowest BCUT2D eigenvalue weighted by molar-refractivity contribution is -0.302. The maximum atomic E-state index is 13.0. The van der Waals surface area contributed by atoms with Crippen LogP contribution in [0.3, 0.4) is 0 Å². The lowest BCUT2D eigenvalue weighted by atomic mass is 9.99. The SMILES string of the molecule is CC/C=C\C/C=C\C/C=C\C/C=C\CCCCCCCCCCCCC(=O)NC(COC1OC(CO)C(O)C(O)C1O)C(O)/C=C/CC/C=C/CCCCCCCCCCCCCCC. The number of rotatable bonds is 44. The number of hydrogen-bond donors (Lipinski definition) is 6. The molecule has 0 aliphatic carbocycles. The van der Waals surface area contributed by atoms with E-state index in [2.05, 4.69) is 79.9 Å². The molecule has 1 aliphatic heterocycles. The van der Waals surface area contributed by atoms with E-state index >= 15 is 0 Å². The molecule has 7 atom stereocenters. The Morgan fingerprint density at radius 2 is 0.969 bits per heavy atom. The minimum Gasteiger partial charge on any atom is -0.394 e. The molecule has 0 aromatic rings. The number of carbonyl (C=O) groups is 1. The second kappa shape index (κ2) is 45.4. The van der Waals surface area contributed by atoms with E-state index in [4.69, 9.17) is 9.47 Å². The molecule has 6 N–H and O–H groups in total. The third-order valence-electron chi connectivity index (χ3n) is 12.3. The molecule has 1 fully saturated rings. The molecule has 0 aromatic carbocycles. The first-order chi connectivity index (χ1) is 31.8. The van der Waals surface area contributed by atoms with Crippen molar-refractivity contribution in [1.29, 1.82) is 0 Å². The van der Waals surface area contributed by atoms with Gasteiger partial charge in [0.2, 0.25) is 5.91 Å². The molecule has 9 nitrogen and oxygen atoms in total. The van der Waals surface area contributed by atoms with Crippen molar-refractivity contribution >= 4 is 5.91 Å². The number of ether oxygens (including phenoxy) is 2. The molecule has 376 valence electrons. The van der Waals surface area contributed by atoms with Gasteiger partial charge in [-0.05, 0) is 70.6 Å². The van der Waals surface area contributed by atoms with Gasteiger partial charge in [-0.3, -0.25) is 4.79 Å². The largest absolute Gasteiger partial charge is 0.394 e. The second-order valence-electron chi connectivity index (χ2n) is 18.3. The van der Waals surface area contributed by atoms with Crippen molar-refractivity contribution in [3.05, 3.63) is 72.9 Å². The van der Waals surface area contributed by atoms with E-state index in [0.717, 1.165) is 77.0 Å². The summed E-state index contributed by atoms with van der Waals surface area (Å²) in [5.41, 5.74) is 0. The first-order valence-corrected chi connectivity index (χ1v) is 26.7. The number of unbranched alkanes of at least 4 members (excludes halogenated alkanes) is 24. The fourth-order valence-corrected chi connectivity index (χ4v) is 8.05. The van der Waals surface area contributed by atoms with Crippen molar-refractivity contribution in [2.45, 2.75) is 262 Å². The lowest BCUT2D eigenvalue weighted by Crippen LogP contribution is -2.60. The monoisotopic (exact) mass is 914 g/mol. The van der Waals surface area contributed by atoms with Crippen LogP contribution < -0.4 is 5.32 Å². The van der Waals surface area contributed by atoms with Gasteiger partial charge in [0.05, 0.1) is 25.4 Å². The molecule has 65 heavy (non-hydrogen) atoms. The lowest BCUT2D eigenvalue weighted by Gasteiger charge is -2.40. The van der Waals surface area contributed by atoms with E-state index in [1.165, 1.54) is 122 Å². The highest BCUT2D eigenvalue weighted by molar-refractivity contribution is 5.76. The standard InChI is InChI=1S/C56H99NO8/c1-3-5-7-9-11-13-15-17-19-21-23-24-25-26-28-30-32-34-36-38-40-42-44-46-52(60)57-49(48-64-56-55(63)54(62)53(61)51(47-58)65-56)50(59)45-43-41-39-37-35-33-31-29-27-22-20-18-16-14-12-10-8-6-4-2/h5,7,11,13,17,19,23-24,35,37,43,45,49-51,53-56,58-59,61-63H,3-4,6,8-10,12,14-16,18,20-22,25-34,36,38-42,44,46-48H2,1-2H3,(H,57,60)/b7-5-,13-11-,19-17-,24-23-,37-35+,45-43+. The van der Waals surface area contributed by atoms with Gasteiger partial charge < -0.3 is 40.3 Å². The van der Waals surface area contributed by atoms with E-state index in [1.807, 2.05) is 6.08 Å². The Morgan fingerprint density at radius 1 is 0.538 bits per heavy atom. The fraction of sp³-hybridized carbons (Fsp3) is 0.768. The van der Waals surface area contributed by atoms with Gasteiger partial charge in [0, 0.05) is 6.42 Å². The number of carbonyl (C=O) groups excluding carboxylic acids is 1. The van der Waals surface area contributed by atoms with Crippen LogP contribution in [-0.2, 0) is 14.3 Å². The zero-order valence-corrected chi connectivity index (χ0v) is 41.5. The van der Waals surface area contributed by atoms with Gasteiger partial charge in [0.25, 0.3) is 0 Å². The molecule has 0 aromatic heterocycles. The van der Waals surface area contributed by atoms with Crippen molar-refractivity contribution in [3.8, 4) is 0 Å². The summed E-state index contributed by atoms with van der Waals surface area (Å²) in [4.78, 5) is 13.0. The normalized spacial score (nSPS) is 20.5. The predicted octanol–water partition coefficient (Wildman–Crippen LogP) is 12.5. The topological polar surface area (TPSA) is 149 Å². The van der Waals surface area contributed by atoms with Gasteiger partial charge >= 0.3 is 0 Å². The quantitative estimate of drug-likeness (QED) is 0.0261. The highest BCUT2D eigenvalue weighted by Crippen LogP contribution is 2.23. The van der Waals surface area contributed by atoms with E-state index in [1.54, 1.807) is 6.08 Å². The second-order valence-corrected chi connectivity index (χ2v) is 18.3. The van der Waals surface area contributed by atoms with E-state index in [-0.39, 0.29) is 12.5 Å². The van der Waals surface area contributed by atoms with E-state index in [9.17, 15) is 30.3 Å². The zero-order chi connectivity index (χ0) is 47.3. The summed E-state index contributed by atoms with van der Waals surface area (Å²) in [5.74, 6) is -0.193. The van der Waals surface area contributed by atoms with Gasteiger partial charge in [-0.15, -0.1) is 0 Å². The molecule has 9 heteroatoms. The average molecular weight is 914 g/mol. The summed E-state index contributed by atoms with van der Waals surface area (Å²) < 4.78 is 11.2. The number of aliphatic hydroxyl groups is 5. The van der Waals surface area contributed by atoms with Crippen LogP contribution in [0.5, 0.6) is 0 Å². The predicted molar refractivity (Wildman–Crippen MR) is 272 cm³/mol. The maximum absolute atomic E-state index is 13.0. The van der Waals surface area contributed by atoms with E-state index < -0.39 is 49.5 Å². The smallest absolute Gasteiger partial charge is 0.220 e. The minimum absolute atomic E-state index is 0.193. The summed E-state index contributed by atoms with van der Waals surface area (Å²) in [7, 11) is 0. The van der Waals surface area contributed by atoms with Crippen LogP contribution in [0, 0.1) is 0 Å². The van der Waals surface area contributed by atoms with Crippen molar-refractivity contribution in [3.63, 3.8) is 0 Å². The Bertz CT molecular complexity index is 1240. The Morgan fingerprint density at radius 3 is 1.48 bits per heavy atom. The molecule has 0 saturated carbocycles. The minimum atomic E-state index is -1.58. The van der Waals surface area contributed by atoms with Gasteiger partial charge in [-0.2, -0.15) is 0 Å². The maximum Gasteiger partial charge on any atom is 0.220 e. The number of allylic oxidation sites excluding steroid dienone is 11. The van der Waals surface area contributed by atoms with Crippen LogP contribution in [0.1, 0.15) is 219 Å². The molecule has 7 unspecified atom stereocenters. The summed E-state index contributed by atoms with van der Waals surface area (Å²) in [5, 5.41) is 54.4. The molecule has 1 rings (SSSR count). The van der Waals surface area contributed by atoms with Crippen LogP contribution in [0.2, 0.25) is 0 Å². The van der Waals surface area contributed by atoms with Gasteiger partial charge in [-0.1, -0.05) is 215 Å². The van der Waals surface area contributed by atoms with Crippen LogP contribution >= 0.6 is 0 Å². The Labute approximate surface area is 398 Å². The van der Waals surface area contributed by atoms with Gasteiger partial charge in [0.15, 0.2) is 6.29 Å². The molecule has 1 amide bonds. The number of amides is 1. The summed E-state index contributed by atoms with van der Waals surface area (Å²) in [6.07, 6.45) is 55.2. The summed E-state index contributed by atoms with van der Waals surface area (Å²) in [6.45, 7) is 3.65. The Kier molecular flexibility index (Phi) is 42.4. The van der Waals surface area contributed by atoms with Crippen LogP contribution in [0.4, 0.5) is 0 Å². The highest BCUT2D eigenvalue weighted by atomic mass is 16.7. The van der Waals surface area contributed by atoms with Crippen LogP contribution in [0.25, 0.3) is 0 Å². The third-order valence-corrected chi connectivity index (χ3v) is 12.3. The molecular weight excluding hydrogens is 815 g/mol. The zero-order valence-electron chi connectivity index (χ0n) is 41.5. The molecule has 0 radical (unpaired) electrons. The molecule has 0 spiro atoms. The highest BCUT2D eigenvalue weighted by Gasteiger charge is 2.44. The van der Waals surface area contributed by atoms with E-state index in [0.29, 0.717) is 6.42 Å². The summed E-state index contributed by atoms with van der Waals surface area (Å²) in [6, 6.07) is -0.828. The number of hydrogen-bond acceptors (Lipinski definition) is 8. The first kappa shape index (κ1) is 60.6. The average Bonchev–Trinajstić information content (AvgIpc) is 3.31. The summed E-state index contributed by atoms with van der Waals surface area (Å²) >= 11 is 0.